The van der Waals surface area contributed by atoms with Crippen molar-refractivity contribution >= 4 is 17.4 Å². The molecule has 88 valence electrons. The van der Waals surface area contributed by atoms with Crippen molar-refractivity contribution in [2.75, 3.05) is 10.6 Å². The fourth-order valence-corrected chi connectivity index (χ4v) is 2.04. The summed E-state index contributed by atoms with van der Waals surface area (Å²) in [6.07, 6.45) is 0.463. The smallest absolute Gasteiger partial charge is 0.226 e. The highest BCUT2D eigenvalue weighted by molar-refractivity contribution is 5.97. The molecule has 0 aliphatic carbocycles. The van der Waals surface area contributed by atoms with E-state index in [1.54, 1.807) is 0 Å². The van der Waals surface area contributed by atoms with Gasteiger partial charge in [0.15, 0.2) is 0 Å². The fourth-order valence-electron chi connectivity index (χ4n) is 2.04. The van der Waals surface area contributed by atoms with Gasteiger partial charge in [-0.3, -0.25) is 4.79 Å². The number of hydrogen-bond acceptors (Lipinski definition) is 3. The predicted octanol–water partition coefficient (Wildman–Crippen LogP) is 1.74. The molecule has 0 aromatic carbocycles. The molecule has 1 aliphatic heterocycles. The summed E-state index contributed by atoms with van der Waals surface area (Å²) in [4.78, 5) is 11.7. The summed E-state index contributed by atoms with van der Waals surface area (Å²) >= 11 is 0. The highest BCUT2D eigenvalue weighted by Gasteiger charge is 2.30. The quantitative estimate of drug-likeness (QED) is 0.761. The number of aryl methyl sites for hydroxylation is 2. The Labute approximate surface area is 95.2 Å². The number of nitrogens with zero attached hydrogens (tertiary/aromatic N) is 2. The van der Waals surface area contributed by atoms with Gasteiger partial charge in [0.05, 0.1) is 5.69 Å². The Morgan fingerprint density at radius 1 is 1.50 bits per heavy atom. The van der Waals surface area contributed by atoms with Crippen molar-refractivity contribution in [3.05, 3.63) is 5.69 Å². The van der Waals surface area contributed by atoms with E-state index in [-0.39, 0.29) is 11.4 Å². The van der Waals surface area contributed by atoms with E-state index >= 15 is 0 Å². The molecule has 1 aromatic rings. The number of nitrogens with one attached hydrogen (secondary N) is 2. The van der Waals surface area contributed by atoms with Gasteiger partial charge in [-0.2, -0.15) is 5.10 Å². The number of carbonyl (C=O) groups is 1. The molecule has 0 unspecified atom stereocenters. The summed E-state index contributed by atoms with van der Waals surface area (Å²) in [5.41, 5.74) is 1.43. The molecule has 0 spiro atoms. The lowest BCUT2D eigenvalue weighted by Crippen LogP contribution is -2.33. The number of amides is 1. The van der Waals surface area contributed by atoms with Crippen LogP contribution in [-0.2, 0) is 11.3 Å². The van der Waals surface area contributed by atoms with E-state index in [1.807, 2.05) is 32.4 Å². The standard InChI is InChI=1S/C11H18N4O/c1-5-15-10-9(7(2)14-15)12-8(16)6-11(3,4)13-10/h13H,5-6H2,1-4H3,(H,12,16). The zero-order chi connectivity index (χ0) is 11.9. The van der Waals surface area contributed by atoms with E-state index in [9.17, 15) is 4.79 Å². The zero-order valence-electron chi connectivity index (χ0n) is 10.2. The van der Waals surface area contributed by atoms with E-state index < -0.39 is 0 Å². The Morgan fingerprint density at radius 2 is 2.19 bits per heavy atom. The van der Waals surface area contributed by atoms with Crippen molar-refractivity contribution in [3.8, 4) is 0 Å². The van der Waals surface area contributed by atoms with Crippen molar-refractivity contribution in [2.45, 2.75) is 46.2 Å². The number of fused-ring (bicyclic) bond motifs is 1. The first-order valence-corrected chi connectivity index (χ1v) is 5.58. The lowest BCUT2D eigenvalue weighted by Gasteiger charge is -2.24. The third-order valence-electron chi connectivity index (χ3n) is 2.75. The van der Waals surface area contributed by atoms with Gasteiger partial charge >= 0.3 is 0 Å². The average molecular weight is 222 g/mol. The first kappa shape index (κ1) is 11.0. The summed E-state index contributed by atoms with van der Waals surface area (Å²) in [5, 5.41) is 10.7. The molecule has 0 fully saturated rings. The highest BCUT2D eigenvalue weighted by Crippen LogP contribution is 2.32. The van der Waals surface area contributed by atoms with Crippen LogP contribution < -0.4 is 10.6 Å². The van der Waals surface area contributed by atoms with Gasteiger partial charge in [0.2, 0.25) is 5.91 Å². The lowest BCUT2D eigenvalue weighted by atomic mass is 10.0. The van der Waals surface area contributed by atoms with Crippen molar-refractivity contribution in [2.24, 2.45) is 0 Å². The van der Waals surface area contributed by atoms with Gasteiger partial charge in [-0.15, -0.1) is 0 Å². The molecule has 2 rings (SSSR count). The second kappa shape index (κ2) is 3.50. The third kappa shape index (κ3) is 1.77. The minimum absolute atomic E-state index is 0.0370. The summed E-state index contributed by atoms with van der Waals surface area (Å²) < 4.78 is 1.89. The minimum atomic E-state index is -0.241. The summed E-state index contributed by atoms with van der Waals surface area (Å²) in [6, 6.07) is 0. The SMILES string of the molecule is CCn1nc(C)c2c1NC(C)(C)CC(=O)N2. The van der Waals surface area contributed by atoms with E-state index in [0.717, 1.165) is 23.7 Å². The Morgan fingerprint density at radius 3 is 2.81 bits per heavy atom. The van der Waals surface area contributed by atoms with Crippen LogP contribution in [0.15, 0.2) is 0 Å². The molecule has 1 aromatic heterocycles. The second-order valence-electron chi connectivity index (χ2n) is 4.86. The number of rotatable bonds is 1. The molecule has 16 heavy (non-hydrogen) atoms. The topological polar surface area (TPSA) is 59.0 Å². The van der Waals surface area contributed by atoms with Crippen LogP contribution in [0.25, 0.3) is 0 Å². The van der Waals surface area contributed by atoms with Crippen LogP contribution in [0, 0.1) is 6.92 Å². The molecule has 0 atom stereocenters. The first-order valence-electron chi connectivity index (χ1n) is 5.58. The van der Waals surface area contributed by atoms with Gasteiger partial charge in [0.1, 0.15) is 11.5 Å². The third-order valence-corrected chi connectivity index (χ3v) is 2.75. The Balaban J connectivity index is 2.51. The fraction of sp³-hybridized carbons (Fsp3) is 0.636. The zero-order valence-corrected chi connectivity index (χ0v) is 10.2. The van der Waals surface area contributed by atoms with E-state index in [4.69, 9.17) is 0 Å². The van der Waals surface area contributed by atoms with Gasteiger partial charge in [0.25, 0.3) is 0 Å². The Hall–Kier alpha value is -1.52. The largest absolute Gasteiger partial charge is 0.363 e. The van der Waals surface area contributed by atoms with Crippen LogP contribution in [0.3, 0.4) is 0 Å². The molecule has 0 radical (unpaired) electrons. The molecule has 5 nitrogen and oxygen atoms in total. The molecule has 5 heteroatoms. The average Bonchev–Trinajstić information content (AvgIpc) is 2.38. The maximum Gasteiger partial charge on any atom is 0.226 e. The minimum Gasteiger partial charge on any atom is -0.363 e. The van der Waals surface area contributed by atoms with Gasteiger partial charge in [-0.25, -0.2) is 4.68 Å². The molecule has 1 aliphatic rings. The number of anilines is 2. The molecule has 0 bridgehead atoms. The maximum atomic E-state index is 11.7. The lowest BCUT2D eigenvalue weighted by molar-refractivity contribution is -0.116. The van der Waals surface area contributed by atoms with Crippen LogP contribution in [0.5, 0.6) is 0 Å². The molecule has 0 saturated carbocycles. The van der Waals surface area contributed by atoms with Crippen molar-refractivity contribution in [1.29, 1.82) is 0 Å². The number of hydrogen-bond donors (Lipinski definition) is 2. The molecular formula is C11H18N4O. The Bertz CT molecular complexity index is 433. The predicted molar refractivity (Wildman–Crippen MR) is 63.6 cm³/mol. The van der Waals surface area contributed by atoms with Crippen LogP contribution in [0.2, 0.25) is 0 Å². The van der Waals surface area contributed by atoms with Gasteiger partial charge in [0, 0.05) is 18.5 Å². The normalized spacial score (nSPS) is 18.4. The molecular weight excluding hydrogens is 204 g/mol. The van der Waals surface area contributed by atoms with Gasteiger partial charge in [-0.1, -0.05) is 0 Å². The monoisotopic (exact) mass is 222 g/mol. The maximum absolute atomic E-state index is 11.7. The van der Waals surface area contributed by atoms with E-state index in [2.05, 4.69) is 15.7 Å². The molecule has 2 heterocycles. The van der Waals surface area contributed by atoms with Crippen molar-refractivity contribution in [1.82, 2.24) is 9.78 Å². The van der Waals surface area contributed by atoms with E-state index in [0.29, 0.717) is 6.42 Å². The van der Waals surface area contributed by atoms with E-state index in [1.165, 1.54) is 0 Å². The number of aromatic nitrogens is 2. The van der Waals surface area contributed by atoms with Crippen LogP contribution in [-0.4, -0.2) is 21.2 Å². The van der Waals surface area contributed by atoms with Crippen LogP contribution in [0.1, 0.15) is 32.9 Å². The van der Waals surface area contributed by atoms with Gasteiger partial charge in [-0.05, 0) is 27.7 Å². The first-order chi connectivity index (χ1) is 7.43. The molecule has 1 amide bonds. The molecule has 2 N–H and O–H groups in total. The summed E-state index contributed by atoms with van der Waals surface area (Å²) in [7, 11) is 0. The van der Waals surface area contributed by atoms with Crippen LogP contribution >= 0.6 is 0 Å². The van der Waals surface area contributed by atoms with Crippen LogP contribution in [0.4, 0.5) is 11.5 Å². The highest BCUT2D eigenvalue weighted by atomic mass is 16.1. The molecule has 0 saturated heterocycles. The summed E-state index contributed by atoms with van der Waals surface area (Å²) in [5.74, 6) is 0.950. The summed E-state index contributed by atoms with van der Waals surface area (Å²) in [6.45, 7) is 8.77. The number of carbonyl (C=O) groups excluding carboxylic acids is 1. The second-order valence-corrected chi connectivity index (χ2v) is 4.86. The van der Waals surface area contributed by atoms with Crippen molar-refractivity contribution < 1.29 is 4.79 Å². The van der Waals surface area contributed by atoms with Gasteiger partial charge < -0.3 is 10.6 Å². The van der Waals surface area contributed by atoms with Crippen molar-refractivity contribution in [3.63, 3.8) is 0 Å². The Kier molecular flexibility index (Phi) is 2.40.